The number of carbonyl (C=O) groups excluding carboxylic acids is 2. The van der Waals surface area contributed by atoms with E-state index in [4.69, 9.17) is 15.1 Å². The fourth-order valence-electron chi connectivity index (χ4n) is 1.86. The van der Waals surface area contributed by atoms with Crippen molar-refractivity contribution in [2.45, 2.75) is 26.0 Å². The molecule has 0 fully saturated rings. The van der Waals surface area contributed by atoms with Crippen molar-refractivity contribution in [1.82, 2.24) is 10.6 Å². The molecule has 0 aliphatic carbocycles. The normalized spacial score (nSPS) is 12.3. The van der Waals surface area contributed by atoms with Crippen molar-refractivity contribution >= 4 is 18.0 Å². The number of nitrogens with one attached hydrogen (secondary N) is 2. The van der Waals surface area contributed by atoms with Gasteiger partial charge in [-0.05, 0) is 5.56 Å². The first-order chi connectivity index (χ1) is 11.4. The summed E-state index contributed by atoms with van der Waals surface area (Å²) in [6.07, 6.45) is -0.796. The fraction of sp³-hybridized carbons (Fsp3) is 0.375. The van der Waals surface area contributed by atoms with Crippen LogP contribution in [0.25, 0.3) is 0 Å². The molecule has 0 unspecified atom stereocenters. The Balaban J connectivity index is 2.37. The van der Waals surface area contributed by atoms with Gasteiger partial charge in [0.1, 0.15) is 19.2 Å². The smallest absolute Gasteiger partial charge is 0.407 e. The minimum absolute atomic E-state index is 0.0101. The predicted octanol–water partition coefficient (Wildman–Crippen LogP) is 1.03. The number of amides is 2. The lowest BCUT2D eigenvalue weighted by atomic mass is 9.99. The fourth-order valence-corrected chi connectivity index (χ4v) is 1.86. The van der Waals surface area contributed by atoms with E-state index in [1.165, 1.54) is 0 Å². The Labute approximate surface area is 139 Å². The lowest BCUT2D eigenvalue weighted by molar-refractivity contribution is -0.143. The summed E-state index contributed by atoms with van der Waals surface area (Å²) in [5.74, 6) is -2.47. The quantitative estimate of drug-likeness (QED) is 0.652. The number of ether oxygens (including phenoxy) is 1. The van der Waals surface area contributed by atoms with Crippen LogP contribution in [0.2, 0.25) is 0 Å². The molecule has 128 valence electrons. The molecule has 2 amide bonds. The maximum Gasteiger partial charge on any atom is 0.407 e. The first kappa shape index (κ1) is 19.0. The second-order valence-electron chi connectivity index (χ2n) is 5.14. The molecule has 24 heavy (non-hydrogen) atoms. The van der Waals surface area contributed by atoms with Gasteiger partial charge in [0.15, 0.2) is 0 Å². The van der Waals surface area contributed by atoms with E-state index in [1.807, 2.05) is 12.1 Å². The van der Waals surface area contributed by atoms with Gasteiger partial charge >= 0.3 is 12.1 Å². The first-order valence-electron chi connectivity index (χ1n) is 7.27. The maximum absolute atomic E-state index is 11.7. The zero-order valence-electron chi connectivity index (χ0n) is 13.2. The number of alkyl carbamates (subject to hydrolysis) is 1. The highest BCUT2D eigenvalue weighted by Crippen LogP contribution is 2.07. The lowest BCUT2D eigenvalue weighted by Crippen LogP contribution is -2.48. The number of nitriles is 1. The van der Waals surface area contributed by atoms with Crippen LogP contribution in [0, 0.1) is 17.2 Å². The summed E-state index contributed by atoms with van der Waals surface area (Å²) < 4.78 is 4.93. The van der Waals surface area contributed by atoms with E-state index in [0.717, 1.165) is 5.56 Å². The van der Waals surface area contributed by atoms with Crippen molar-refractivity contribution in [1.29, 1.82) is 5.26 Å². The molecule has 8 heteroatoms. The van der Waals surface area contributed by atoms with Gasteiger partial charge in [-0.1, -0.05) is 37.3 Å². The Kier molecular flexibility index (Phi) is 7.78. The molecule has 1 aromatic rings. The van der Waals surface area contributed by atoms with Crippen LogP contribution < -0.4 is 10.6 Å². The molecule has 3 N–H and O–H groups in total. The van der Waals surface area contributed by atoms with E-state index in [1.54, 1.807) is 31.2 Å². The van der Waals surface area contributed by atoms with Crippen molar-refractivity contribution in [2.24, 2.45) is 5.92 Å². The van der Waals surface area contributed by atoms with E-state index in [9.17, 15) is 14.4 Å². The number of carboxylic acid groups (broad SMARTS) is 1. The minimum Gasteiger partial charge on any atom is -0.480 e. The Hall–Kier alpha value is -3.08. The van der Waals surface area contributed by atoms with Crippen molar-refractivity contribution < 1.29 is 24.2 Å². The number of carboxylic acids is 1. The number of hydrogen-bond donors (Lipinski definition) is 3. The summed E-state index contributed by atoms with van der Waals surface area (Å²) >= 11 is 0. The third kappa shape index (κ3) is 6.79. The van der Waals surface area contributed by atoms with E-state index < -0.39 is 36.5 Å². The molecular weight excluding hydrogens is 314 g/mol. The van der Waals surface area contributed by atoms with Crippen LogP contribution >= 0.6 is 0 Å². The topological polar surface area (TPSA) is 129 Å². The van der Waals surface area contributed by atoms with Gasteiger partial charge < -0.3 is 20.5 Å². The molecule has 1 rings (SSSR count). The van der Waals surface area contributed by atoms with Crippen LogP contribution in [0.3, 0.4) is 0 Å². The Morgan fingerprint density at radius 1 is 1.29 bits per heavy atom. The summed E-state index contributed by atoms with van der Waals surface area (Å²) in [6.45, 7) is 1.19. The molecule has 0 radical (unpaired) electrons. The lowest BCUT2D eigenvalue weighted by Gasteiger charge is -2.19. The van der Waals surface area contributed by atoms with E-state index >= 15 is 0 Å². The van der Waals surface area contributed by atoms with Crippen molar-refractivity contribution in [3.63, 3.8) is 0 Å². The highest BCUT2D eigenvalue weighted by molar-refractivity contribution is 5.86. The molecule has 0 spiro atoms. The molecular formula is C16H19N3O5. The van der Waals surface area contributed by atoms with Gasteiger partial charge in [-0.3, -0.25) is 4.79 Å². The summed E-state index contributed by atoms with van der Waals surface area (Å²) in [7, 11) is 0. The largest absolute Gasteiger partial charge is 0.480 e. The number of aliphatic carboxylic acids is 1. The van der Waals surface area contributed by atoms with Gasteiger partial charge in [0, 0.05) is 12.3 Å². The third-order valence-electron chi connectivity index (χ3n) is 3.17. The minimum atomic E-state index is -1.24. The molecule has 0 saturated carbocycles. The molecule has 0 bridgehead atoms. The van der Waals surface area contributed by atoms with Crippen molar-refractivity contribution in [2.75, 3.05) is 6.54 Å². The predicted molar refractivity (Wildman–Crippen MR) is 83.6 cm³/mol. The van der Waals surface area contributed by atoms with Gasteiger partial charge in [-0.15, -0.1) is 0 Å². The zero-order valence-corrected chi connectivity index (χ0v) is 13.2. The summed E-state index contributed by atoms with van der Waals surface area (Å²) in [5, 5.41) is 22.2. The van der Waals surface area contributed by atoms with Crippen LogP contribution in [0.1, 0.15) is 18.9 Å². The number of rotatable bonds is 8. The van der Waals surface area contributed by atoms with Gasteiger partial charge in [-0.2, -0.15) is 5.26 Å². The van der Waals surface area contributed by atoms with Crippen LogP contribution in [0.5, 0.6) is 0 Å². The molecule has 0 saturated heterocycles. The summed E-state index contributed by atoms with van der Waals surface area (Å²) in [4.78, 5) is 34.3. The average molecular weight is 333 g/mol. The monoisotopic (exact) mass is 333 g/mol. The highest BCUT2D eigenvalue weighted by Gasteiger charge is 2.26. The molecule has 0 heterocycles. The van der Waals surface area contributed by atoms with Crippen LogP contribution in [-0.2, 0) is 20.9 Å². The molecule has 8 nitrogen and oxygen atoms in total. The van der Waals surface area contributed by atoms with Gasteiger partial charge in [0.25, 0.3) is 0 Å². The molecule has 0 aromatic heterocycles. The summed E-state index contributed by atoms with van der Waals surface area (Å²) in [6, 6.07) is 9.67. The van der Waals surface area contributed by atoms with Crippen molar-refractivity contribution in [3.05, 3.63) is 35.9 Å². The van der Waals surface area contributed by atoms with Gasteiger partial charge in [0.2, 0.25) is 5.91 Å². The molecule has 1 aromatic carbocycles. The average Bonchev–Trinajstić information content (AvgIpc) is 2.56. The zero-order chi connectivity index (χ0) is 17.9. The first-order valence-corrected chi connectivity index (χ1v) is 7.27. The SMILES string of the molecule is C[C@@H](CC#N)[C@H](NC(=O)CNC(=O)OCc1ccccc1)C(=O)O. The van der Waals surface area contributed by atoms with Crippen molar-refractivity contribution in [3.8, 4) is 6.07 Å². The number of nitrogens with zero attached hydrogens (tertiary/aromatic N) is 1. The van der Waals surface area contributed by atoms with Crippen LogP contribution in [0.15, 0.2) is 30.3 Å². The molecule has 0 aliphatic rings. The Bertz CT molecular complexity index is 612. The Morgan fingerprint density at radius 2 is 1.96 bits per heavy atom. The molecule has 0 aliphatic heterocycles. The number of carbonyl (C=O) groups is 3. The van der Waals surface area contributed by atoms with Gasteiger partial charge in [0.05, 0.1) is 6.07 Å². The standard InChI is InChI=1S/C16H19N3O5/c1-11(7-8-17)14(15(21)22)19-13(20)9-18-16(23)24-10-12-5-3-2-4-6-12/h2-6,11,14H,7,9-10H2,1H3,(H,18,23)(H,19,20)(H,21,22)/t11-,14-/m0/s1. The highest BCUT2D eigenvalue weighted by atomic mass is 16.5. The van der Waals surface area contributed by atoms with Crippen LogP contribution in [-0.4, -0.2) is 35.7 Å². The number of benzene rings is 1. The Morgan fingerprint density at radius 3 is 2.54 bits per heavy atom. The maximum atomic E-state index is 11.7. The number of hydrogen-bond acceptors (Lipinski definition) is 5. The van der Waals surface area contributed by atoms with E-state index in [-0.39, 0.29) is 13.0 Å². The van der Waals surface area contributed by atoms with E-state index in [0.29, 0.717) is 0 Å². The van der Waals surface area contributed by atoms with E-state index in [2.05, 4.69) is 10.6 Å². The second kappa shape index (κ2) is 9.84. The molecule has 2 atom stereocenters. The van der Waals surface area contributed by atoms with Gasteiger partial charge in [-0.25, -0.2) is 9.59 Å². The third-order valence-corrected chi connectivity index (χ3v) is 3.17. The van der Waals surface area contributed by atoms with Crippen LogP contribution in [0.4, 0.5) is 4.79 Å². The second-order valence-corrected chi connectivity index (χ2v) is 5.14. The summed E-state index contributed by atoms with van der Waals surface area (Å²) in [5.41, 5.74) is 0.799.